The van der Waals surface area contributed by atoms with Gasteiger partial charge in [-0.2, -0.15) is 10.5 Å². The molecule has 0 saturated heterocycles. The summed E-state index contributed by atoms with van der Waals surface area (Å²) in [5, 5.41) is 18.8. The second-order valence-electron chi connectivity index (χ2n) is 13.1. The van der Waals surface area contributed by atoms with E-state index in [9.17, 15) is 10.5 Å². The second kappa shape index (κ2) is 9.16. The SMILES string of the molecule is CC(C)CCC[C@@H](C)[C@@H]1CC[C@H]2[C@H]3CC[C@H]4CC(=C(C#N)C#N)CC[C@]4(C)[C@@H]3CC[C@@]21C. The van der Waals surface area contributed by atoms with Gasteiger partial charge in [-0.3, -0.25) is 0 Å². The highest BCUT2D eigenvalue weighted by molar-refractivity contribution is 5.41. The lowest BCUT2D eigenvalue weighted by atomic mass is 9.44. The van der Waals surface area contributed by atoms with E-state index in [1.807, 2.05) is 0 Å². The minimum Gasteiger partial charge on any atom is -0.192 e. The largest absolute Gasteiger partial charge is 0.192 e. The van der Waals surface area contributed by atoms with Crippen LogP contribution < -0.4 is 0 Å². The van der Waals surface area contributed by atoms with Crippen LogP contribution in [-0.4, -0.2) is 0 Å². The summed E-state index contributed by atoms with van der Waals surface area (Å²) in [4.78, 5) is 0. The second-order valence-corrected chi connectivity index (χ2v) is 13.1. The Bertz CT molecular complexity index is 794. The molecule has 4 saturated carbocycles. The molecule has 176 valence electrons. The van der Waals surface area contributed by atoms with Crippen LogP contribution in [0, 0.1) is 74.9 Å². The first-order chi connectivity index (χ1) is 15.2. The highest BCUT2D eigenvalue weighted by Crippen LogP contribution is 2.68. The molecule has 0 N–H and O–H groups in total. The van der Waals surface area contributed by atoms with E-state index in [1.54, 1.807) is 0 Å². The van der Waals surface area contributed by atoms with Crippen molar-refractivity contribution in [2.75, 3.05) is 0 Å². The molecule has 0 unspecified atom stereocenters. The van der Waals surface area contributed by atoms with Crippen LogP contribution in [0.25, 0.3) is 0 Å². The van der Waals surface area contributed by atoms with Crippen molar-refractivity contribution in [3.05, 3.63) is 11.1 Å². The van der Waals surface area contributed by atoms with E-state index in [2.05, 4.69) is 46.8 Å². The van der Waals surface area contributed by atoms with E-state index < -0.39 is 0 Å². The maximum atomic E-state index is 9.38. The molecule has 4 rings (SSSR count). The summed E-state index contributed by atoms with van der Waals surface area (Å²) in [7, 11) is 0. The summed E-state index contributed by atoms with van der Waals surface area (Å²) < 4.78 is 0. The Morgan fingerprint density at radius 3 is 2.31 bits per heavy atom. The number of allylic oxidation sites excluding steroid dienone is 2. The predicted octanol–water partition coefficient (Wildman–Crippen LogP) is 8.45. The maximum absolute atomic E-state index is 9.38. The van der Waals surface area contributed by atoms with E-state index in [4.69, 9.17) is 0 Å². The lowest BCUT2D eigenvalue weighted by molar-refractivity contribution is -0.109. The average Bonchev–Trinajstić information content (AvgIpc) is 3.11. The fourth-order valence-corrected chi connectivity index (χ4v) is 9.51. The molecule has 8 atom stereocenters. The highest BCUT2D eigenvalue weighted by Gasteiger charge is 2.60. The van der Waals surface area contributed by atoms with Gasteiger partial charge in [-0.05, 0) is 116 Å². The molecule has 0 spiro atoms. The number of fused-ring (bicyclic) bond motifs is 5. The number of nitriles is 2. The Morgan fingerprint density at radius 2 is 1.62 bits per heavy atom. The summed E-state index contributed by atoms with van der Waals surface area (Å²) in [6, 6.07) is 4.35. The van der Waals surface area contributed by atoms with Crippen LogP contribution in [0.1, 0.15) is 112 Å². The molecule has 2 nitrogen and oxygen atoms in total. The van der Waals surface area contributed by atoms with Gasteiger partial charge in [0.15, 0.2) is 0 Å². The first-order valence-corrected chi connectivity index (χ1v) is 13.8. The third-order valence-corrected chi connectivity index (χ3v) is 11.3. The van der Waals surface area contributed by atoms with Crippen LogP contribution >= 0.6 is 0 Å². The molecule has 0 heterocycles. The first-order valence-electron chi connectivity index (χ1n) is 13.8. The number of hydrogen-bond acceptors (Lipinski definition) is 2. The number of hydrogen-bond donors (Lipinski definition) is 0. The summed E-state index contributed by atoms with van der Waals surface area (Å²) in [5.41, 5.74) is 2.56. The van der Waals surface area contributed by atoms with Crippen molar-refractivity contribution in [2.24, 2.45) is 52.3 Å². The Morgan fingerprint density at radius 1 is 0.906 bits per heavy atom. The van der Waals surface area contributed by atoms with Crippen molar-refractivity contribution in [3.63, 3.8) is 0 Å². The van der Waals surface area contributed by atoms with Gasteiger partial charge in [0, 0.05) is 0 Å². The van der Waals surface area contributed by atoms with Crippen molar-refractivity contribution >= 4 is 0 Å². The lowest BCUT2D eigenvalue weighted by Gasteiger charge is -2.61. The zero-order valence-corrected chi connectivity index (χ0v) is 21.4. The summed E-state index contributed by atoms with van der Waals surface area (Å²) >= 11 is 0. The fourth-order valence-electron chi connectivity index (χ4n) is 9.51. The van der Waals surface area contributed by atoms with Gasteiger partial charge in [0.1, 0.15) is 17.7 Å². The van der Waals surface area contributed by atoms with Crippen LogP contribution in [0.4, 0.5) is 0 Å². The molecule has 0 bridgehead atoms. The Labute approximate surface area is 197 Å². The predicted molar refractivity (Wildman–Crippen MR) is 131 cm³/mol. The molecule has 2 heteroatoms. The molecule has 4 aliphatic carbocycles. The van der Waals surface area contributed by atoms with Gasteiger partial charge in [-0.1, -0.05) is 53.9 Å². The zero-order chi connectivity index (χ0) is 23.1. The van der Waals surface area contributed by atoms with Gasteiger partial charge < -0.3 is 0 Å². The monoisotopic (exact) mass is 434 g/mol. The Balaban J connectivity index is 1.48. The van der Waals surface area contributed by atoms with Crippen molar-refractivity contribution in [3.8, 4) is 12.1 Å². The molecule has 0 radical (unpaired) electrons. The molecular weight excluding hydrogens is 388 g/mol. The quantitative estimate of drug-likeness (QED) is 0.407. The third-order valence-electron chi connectivity index (χ3n) is 11.3. The maximum Gasteiger partial charge on any atom is 0.128 e. The van der Waals surface area contributed by atoms with Crippen molar-refractivity contribution in [1.29, 1.82) is 10.5 Å². The van der Waals surface area contributed by atoms with Gasteiger partial charge in [0.25, 0.3) is 0 Å². The molecule has 4 fully saturated rings. The highest BCUT2D eigenvalue weighted by atomic mass is 14.6. The Kier molecular flexibility index (Phi) is 6.83. The number of nitrogens with zero attached hydrogens (tertiary/aromatic N) is 2. The van der Waals surface area contributed by atoms with Crippen molar-refractivity contribution in [1.82, 2.24) is 0 Å². The standard InChI is InChI=1S/C30H46N2/c1-20(2)7-6-8-21(3)26-11-12-27-25-10-9-24-17-22(23(18-31)19-32)13-15-29(24,4)28(25)14-16-30(26,27)5/h20-21,24-28H,6-17H2,1-5H3/t21-,24+,25-,26+,27+,28-,29+,30-/m1/s1. The summed E-state index contributed by atoms with van der Waals surface area (Å²) in [5.74, 6) is 6.04. The molecular formula is C30H46N2. The van der Waals surface area contributed by atoms with Gasteiger partial charge in [-0.25, -0.2) is 0 Å². The van der Waals surface area contributed by atoms with E-state index in [-0.39, 0.29) is 0 Å². The van der Waals surface area contributed by atoms with Gasteiger partial charge in [-0.15, -0.1) is 0 Å². The van der Waals surface area contributed by atoms with E-state index >= 15 is 0 Å². The van der Waals surface area contributed by atoms with Gasteiger partial charge >= 0.3 is 0 Å². The fraction of sp³-hybridized carbons (Fsp3) is 0.867. The van der Waals surface area contributed by atoms with E-state index in [0.29, 0.717) is 22.3 Å². The molecule has 32 heavy (non-hydrogen) atoms. The summed E-state index contributed by atoms with van der Waals surface area (Å²) in [6.45, 7) is 12.6. The van der Waals surface area contributed by atoms with Crippen LogP contribution in [0.5, 0.6) is 0 Å². The smallest absolute Gasteiger partial charge is 0.128 e. The van der Waals surface area contributed by atoms with E-state index in [0.717, 1.165) is 53.9 Å². The first kappa shape index (κ1) is 23.9. The molecule has 0 aromatic carbocycles. The van der Waals surface area contributed by atoms with Crippen LogP contribution in [0.2, 0.25) is 0 Å². The van der Waals surface area contributed by atoms with Crippen LogP contribution in [-0.2, 0) is 0 Å². The normalized spacial score (nSPS) is 41.8. The molecule has 0 amide bonds. The van der Waals surface area contributed by atoms with Crippen molar-refractivity contribution < 1.29 is 0 Å². The minimum atomic E-state index is 0.412. The van der Waals surface area contributed by atoms with E-state index in [1.165, 1.54) is 64.2 Å². The topological polar surface area (TPSA) is 47.6 Å². The summed E-state index contributed by atoms with van der Waals surface area (Å²) in [6.07, 6.45) is 15.9. The zero-order valence-electron chi connectivity index (χ0n) is 21.4. The molecule has 0 aliphatic heterocycles. The molecule has 0 aromatic rings. The van der Waals surface area contributed by atoms with Crippen molar-refractivity contribution in [2.45, 2.75) is 112 Å². The Hall–Kier alpha value is -1.28. The van der Waals surface area contributed by atoms with Gasteiger partial charge in [0.05, 0.1) is 0 Å². The minimum absolute atomic E-state index is 0.412. The van der Waals surface area contributed by atoms with Crippen LogP contribution in [0.3, 0.4) is 0 Å². The molecule has 0 aromatic heterocycles. The average molecular weight is 435 g/mol. The third kappa shape index (κ3) is 3.95. The number of rotatable bonds is 5. The van der Waals surface area contributed by atoms with Crippen LogP contribution in [0.15, 0.2) is 11.1 Å². The molecule has 4 aliphatic rings. The lowest BCUT2D eigenvalue weighted by Crippen LogP contribution is -2.53. The van der Waals surface area contributed by atoms with Gasteiger partial charge in [0.2, 0.25) is 0 Å².